The molecule has 7 N–H and O–H groups in total. The molecule has 0 spiro atoms. The zero-order chi connectivity index (χ0) is 29.0. The van der Waals surface area contributed by atoms with Gasteiger partial charge in [-0.2, -0.15) is 23.7 Å². The van der Waals surface area contributed by atoms with Crippen LogP contribution in [0.3, 0.4) is 0 Å². The predicted octanol–water partition coefficient (Wildman–Crippen LogP) is 3.10. The van der Waals surface area contributed by atoms with Gasteiger partial charge < -0.3 is 31.6 Å². The van der Waals surface area contributed by atoms with Gasteiger partial charge in [-0.25, -0.2) is 9.98 Å². The predicted molar refractivity (Wildman–Crippen MR) is 138 cm³/mol. The number of nitrogens with zero attached hydrogens (tertiary/aromatic N) is 4. The number of aliphatic imine (C=N–C) groups is 1. The first-order valence-electron chi connectivity index (χ1n) is 11.3. The lowest BCUT2D eigenvalue weighted by atomic mass is 9.95. The molecule has 204 valence electrons. The van der Waals surface area contributed by atoms with Crippen LogP contribution in [0.5, 0.6) is 11.5 Å². The van der Waals surface area contributed by atoms with Crippen molar-refractivity contribution in [3.8, 4) is 23.8 Å². The maximum absolute atomic E-state index is 12.9. The zero-order valence-electron chi connectivity index (χ0n) is 20.6. The van der Waals surface area contributed by atoms with Crippen molar-refractivity contribution in [3.05, 3.63) is 64.7 Å². The zero-order valence-corrected chi connectivity index (χ0v) is 20.6. The molecule has 0 fully saturated rings. The van der Waals surface area contributed by atoms with E-state index in [0.717, 1.165) is 12.1 Å². The van der Waals surface area contributed by atoms with Crippen LogP contribution in [0.25, 0.3) is 0 Å². The SMILES string of the molecule is COc1cc(C2N=C(NC#N)Nc3nc(N)c(C#N)c(N)c32)ccc1OCC(=O)Nc1cccc(C(F)(F)F)c1. The molecule has 0 aliphatic carbocycles. The van der Waals surface area contributed by atoms with E-state index in [1.54, 1.807) is 18.3 Å². The number of amides is 1. The van der Waals surface area contributed by atoms with E-state index < -0.39 is 30.3 Å². The number of nitrogens with two attached hydrogens (primary N) is 2. The molecular formula is C25H20F3N9O3. The fourth-order valence-corrected chi connectivity index (χ4v) is 3.91. The maximum atomic E-state index is 12.9. The van der Waals surface area contributed by atoms with E-state index in [-0.39, 0.29) is 46.0 Å². The van der Waals surface area contributed by atoms with Crippen LogP contribution < -0.4 is 36.9 Å². The van der Waals surface area contributed by atoms with Gasteiger partial charge in [-0.15, -0.1) is 0 Å². The van der Waals surface area contributed by atoms with Crippen LogP contribution >= 0.6 is 0 Å². The van der Waals surface area contributed by atoms with Gasteiger partial charge in [0.05, 0.1) is 18.4 Å². The fourth-order valence-electron chi connectivity index (χ4n) is 3.91. The van der Waals surface area contributed by atoms with Gasteiger partial charge in [0.1, 0.15) is 29.3 Å². The second-order valence-corrected chi connectivity index (χ2v) is 8.23. The summed E-state index contributed by atoms with van der Waals surface area (Å²) in [7, 11) is 1.36. The Morgan fingerprint density at radius 1 is 1.18 bits per heavy atom. The average molecular weight is 551 g/mol. The van der Waals surface area contributed by atoms with E-state index in [0.29, 0.717) is 11.1 Å². The number of anilines is 4. The van der Waals surface area contributed by atoms with Crippen molar-refractivity contribution < 1.29 is 27.4 Å². The van der Waals surface area contributed by atoms with Gasteiger partial charge in [0.15, 0.2) is 24.3 Å². The van der Waals surface area contributed by atoms with Crippen LogP contribution in [-0.4, -0.2) is 30.6 Å². The van der Waals surface area contributed by atoms with Gasteiger partial charge in [0.25, 0.3) is 5.91 Å². The number of alkyl halides is 3. The van der Waals surface area contributed by atoms with E-state index in [4.69, 9.17) is 26.2 Å². The largest absolute Gasteiger partial charge is 0.493 e. The van der Waals surface area contributed by atoms with E-state index in [1.807, 2.05) is 6.07 Å². The Morgan fingerprint density at radius 2 is 1.95 bits per heavy atom. The summed E-state index contributed by atoms with van der Waals surface area (Å²) in [6, 6.07) is 9.90. The molecule has 40 heavy (non-hydrogen) atoms. The van der Waals surface area contributed by atoms with Crippen molar-refractivity contribution in [2.24, 2.45) is 4.99 Å². The van der Waals surface area contributed by atoms with Crippen LogP contribution in [0, 0.1) is 22.8 Å². The number of halogens is 3. The van der Waals surface area contributed by atoms with Crippen LogP contribution in [0.4, 0.5) is 36.2 Å². The third-order valence-corrected chi connectivity index (χ3v) is 5.69. The number of methoxy groups -OCH3 is 1. The summed E-state index contributed by atoms with van der Waals surface area (Å²) in [6.45, 7) is -0.530. The van der Waals surface area contributed by atoms with Gasteiger partial charge in [-0.1, -0.05) is 12.1 Å². The average Bonchev–Trinajstić information content (AvgIpc) is 2.91. The topological polar surface area (TPSA) is 196 Å². The van der Waals surface area contributed by atoms with Gasteiger partial charge in [0.2, 0.25) is 5.96 Å². The first-order chi connectivity index (χ1) is 19.0. The summed E-state index contributed by atoms with van der Waals surface area (Å²) in [5, 5.41) is 26.1. The second-order valence-electron chi connectivity index (χ2n) is 8.23. The van der Waals surface area contributed by atoms with Crippen molar-refractivity contribution in [1.29, 1.82) is 10.5 Å². The number of carbonyl (C=O) groups is 1. The van der Waals surface area contributed by atoms with Crippen molar-refractivity contribution in [3.63, 3.8) is 0 Å². The number of hydrogen-bond donors (Lipinski definition) is 5. The number of pyridine rings is 1. The Labute approximate surface area is 225 Å². The molecule has 2 heterocycles. The molecule has 12 nitrogen and oxygen atoms in total. The van der Waals surface area contributed by atoms with Crippen molar-refractivity contribution in [1.82, 2.24) is 10.3 Å². The summed E-state index contributed by atoms with van der Waals surface area (Å²) in [5.41, 5.74) is 12.0. The lowest BCUT2D eigenvalue weighted by Crippen LogP contribution is -2.32. The number of fused-ring (bicyclic) bond motifs is 1. The third kappa shape index (κ3) is 5.58. The molecule has 1 aliphatic heterocycles. The summed E-state index contributed by atoms with van der Waals surface area (Å²) in [6.07, 6.45) is -2.80. The number of guanidine groups is 1. The summed E-state index contributed by atoms with van der Waals surface area (Å²) in [4.78, 5) is 21.0. The molecule has 3 aromatic rings. The van der Waals surface area contributed by atoms with Crippen LogP contribution in [0.15, 0.2) is 47.5 Å². The molecule has 0 saturated heterocycles. The maximum Gasteiger partial charge on any atom is 0.416 e. The van der Waals surface area contributed by atoms with Crippen LogP contribution in [0.1, 0.15) is 28.3 Å². The first-order valence-corrected chi connectivity index (χ1v) is 11.3. The highest BCUT2D eigenvalue weighted by atomic mass is 19.4. The van der Waals surface area contributed by atoms with Crippen LogP contribution in [-0.2, 0) is 11.0 Å². The number of hydrogen-bond acceptors (Lipinski definition) is 11. The molecule has 1 atom stereocenters. The molecule has 1 aliphatic rings. The van der Waals surface area contributed by atoms with Gasteiger partial charge in [-0.05, 0) is 35.9 Å². The minimum absolute atomic E-state index is 0.0313. The lowest BCUT2D eigenvalue weighted by Gasteiger charge is -2.26. The standard InChI is InChI=1S/C25H20F3N9O3/c1-39-17-7-12(21-19-20(31)15(9-29)22(32)36-23(19)37-24(35-21)33-11-30)5-6-16(17)40-10-18(38)34-14-4-2-3-13(8-14)25(26,27)28/h2-8,21H,10H2,1H3,(H,34,38)(H6,31,32,33,35,36,37). The number of nitrogens with one attached hydrogen (secondary N) is 3. The molecular weight excluding hydrogens is 531 g/mol. The number of benzene rings is 2. The van der Waals surface area contributed by atoms with E-state index >= 15 is 0 Å². The summed E-state index contributed by atoms with van der Waals surface area (Å²) < 4.78 is 49.8. The highest BCUT2D eigenvalue weighted by molar-refractivity contribution is 5.98. The molecule has 0 saturated carbocycles. The number of ether oxygens (including phenoxy) is 2. The molecule has 1 unspecified atom stereocenters. The molecule has 0 radical (unpaired) electrons. The van der Waals surface area contributed by atoms with Gasteiger partial charge in [0, 0.05) is 11.3 Å². The Morgan fingerprint density at radius 3 is 2.62 bits per heavy atom. The van der Waals surface area contributed by atoms with E-state index in [1.165, 1.54) is 25.3 Å². The molecule has 0 bridgehead atoms. The smallest absolute Gasteiger partial charge is 0.416 e. The van der Waals surface area contributed by atoms with Gasteiger partial charge in [-0.3, -0.25) is 10.1 Å². The quantitative estimate of drug-likeness (QED) is 0.224. The molecule has 1 amide bonds. The number of nitriles is 2. The molecule has 2 aromatic carbocycles. The van der Waals surface area contributed by atoms with E-state index in [2.05, 4.69) is 25.9 Å². The van der Waals surface area contributed by atoms with Crippen molar-refractivity contribution in [2.45, 2.75) is 12.2 Å². The van der Waals surface area contributed by atoms with Gasteiger partial charge >= 0.3 is 6.18 Å². The molecule has 15 heteroatoms. The first kappa shape index (κ1) is 27.3. The van der Waals surface area contributed by atoms with E-state index in [9.17, 15) is 23.2 Å². The highest BCUT2D eigenvalue weighted by Gasteiger charge is 2.31. The Bertz CT molecular complexity index is 1590. The van der Waals surface area contributed by atoms with Crippen LogP contribution in [0.2, 0.25) is 0 Å². The summed E-state index contributed by atoms with van der Waals surface area (Å²) >= 11 is 0. The second kappa shape index (κ2) is 11.0. The highest BCUT2D eigenvalue weighted by Crippen LogP contribution is 2.42. The Balaban J connectivity index is 1.58. The number of aromatic nitrogens is 1. The van der Waals surface area contributed by atoms with Crippen molar-refractivity contribution >= 4 is 34.9 Å². The summed E-state index contributed by atoms with van der Waals surface area (Å²) in [5.74, 6) is -0.209. The Hall–Kier alpha value is -5.70. The lowest BCUT2D eigenvalue weighted by molar-refractivity contribution is -0.137. The minimum atomic E-state index is -4.56. The number of carbonyl (C=O) groups excluding carboxylic acids is 1. The third-order valence-electron chi connectivity index (χ3n) is 5.69. The molecule has 1 aromatic heterocycles. The monoisotopic (exact) mass is 551 g/mol. The fraction of sp³-hybridized carbons (Fsp3) is 0.160. The van der Waals surface area contributed by atoms with Crippen molar-refractivity contribution in [2.75, 3.05) is 35.8 Å². The number of nitrogen functional groups attached to an aromatic ring is 2. The normalized spacial score (nSPS) is 13.9. The minimum Gasteiger partial charge on any atom is -0.493 e. The Kier molecular flexibility index (Phi) is 7.49. The number of rotatable bonds is 6. The molecule has 4 rings (SSSR count).